The maximum absolute atomic E-state index is 12.1. The van der Waals surface area contributed by atoms with Gasteiger partial charge in [0.2, 0.25) is 5.89 Å². The van der Waals surface area contributed by atoms with Gasteiger partial charge in [0.05, 0.1) is 5.02 Å². The summed E-state index contributed by atoms with van der Waals surface area (Å²) in [5, 5.41) is 4.40. The molecule has 0 radical (unpaired) electrons. The van der Waals surface area contributed by atoms with E-state index in [2.05, 4.69) is 5.10 Å². The third-order valence-electron chi connectivity index (χ3n) is 3.96. The molecule has 144 valence electrons. The van der Waals surface area contributed by atoms with Crippen LogP contribution in [0, 0.1) is 0 Å². The number of ether oxygens (including phenoxy) is 3. The maximum Gasteiger partial charge on any atom is 0.437 e. The first kappa shape index (κ1) is 18.1. The van der Waals surface area contributed by atoms with Gasteiger partial charge >= 0.3 is 11.7 Å². The van der Waals surface area contributed by atoms with Crippen LogP contribution in [0.3, 0.4) is 0 Å². The minimum atomic E-state index is -0.738. The Morgan fingerprint density at radius 2 is 1.96 bits per heavy atom. The average Bonchev–Trinajstić information content (AvgIpc) is 3.07. The van der Waals surface area contributed by atoms with E-state index in [-0.39, 0.29) is 19.0 Å². The van der Waals surface area contributed by atoms with Gasteiger partial charge in [-0.2, -0.15) is 4.68 Å². The summed E-state index contributed by atoms with van der Waals surface area (Å²) >= 11 is 6.16. The topological polar surface area (TPSA) is 92.8 Å². The molecule has 0 bridgehead atoms. The summed E-state index contributed by atoms with van der Waals surface area (Å²) in [5.41, 5.74) is 1.28. The molecular formula is C19H15ClN2O6. The van der Waals surface area contributed by atoms with Crippen LogP contribution in [0.5, 0.6) is 11.5 Å². The van der Waals surface area contributed by atoms with E-state index in [1.54, 1.807) is 36.4 Å². The zero-order valence-electron chi connectivity index (χ0n) is 14.6. The molecule has 0 aliphatic carbocycles. The Balaban J connectivity index is 1.41. The first-order chi connectivity index (χ1) is 13.6. The molecule has 0 fully saturated rings. The van der Waals surface area contributed by atoms with Gasteiger partial charge < -0.3 is 18.6 Å². The van der Waals surface area contributed by atoms with Crippen molar-refractivity contribution in [3.8, 4) is 23.0 Å². The Hall–Kier alpha value is -3.26. The van der Waals surface area contributed by atoms with Gasteiger partial charge in [-0.1, -0.05) is 29.8 Å². The number of rotatable bonds is 5. The highest BCUT2D eigenvalue weighted by molar-refractivity contribution is 6.32. The van der Waals surface area contributed by atoms with Crippen molar-refractivity contribution in [1.82, 2.24) is 9.78 Å². The molecule has 2 heterocycles. The number of hydrogen-bond donors (Lipinski definition) is 0. The Morgan fingerprint density at radius 3 is 2.79 bits per heavy atom. The van der Waals surface area contributed by atoms with E-state index in [0.29, 0.717) is 40.9 Å². The van der Waals surface area contributed by atoms with Gasteiger partial charge in [-0.15, -0.1) is 5.10 Å². The van der Waals surface area contributed by atoms with Crippen LogP contribution < -0.4 is 15.2 Å². The van der Waals surface area contributed by atoms with Crippen LogP contribution >= 0.6 is 11.6 Å². The summed E-state index contributed by atoms with van der Waals surface area (Å²) in [6.45, 7) is 0.449. The van der Waals surface area contributed by atoms with E-state index in [9.17, 15) is 9.59 Å². The standard InChI is InChI=1S/C19H15ClN2O6/c20-14-8-12(9-15-17(14)26-7-6-25-15)11-27-16(23)10-22-19(24)28-18(21-22)13-4-2-1-3-5-13/h1-5,8-9H,6-7,10-11H2. The Kier molecular flexibility index (Phi) is 5.03. The largest absolute Gasteiger partial charge is 0.486 e. The predicted molar refractivity (Wildman–Crippen MR) is 98.4 cm³/mol. The molecule has 0 amide bonds. The Bertz CT molecular complexity index is 1060. The summed E-state index contributed by atoms with van der Waals surface area (Å²) in [6, 6.07) is 12.3. The second kappa shape index (κ2) is 7.77. The molecule has 2 aromatic carbocycles. The summed E-state index contributed by atoms with van der Waals surface area (Å²) in [4.78, 5) is 24.0. The third kappa shape index (κ3) is 3.86. The van der Waals surface area contributed by atoms with Crippen molar-refractivity contribution in [1.29, 1.82) is 0 Å². The molecule has 3 aromatic rings. The van der Waals surface area contributed by atoms with Crippen LogP contribution in [0.1, 0.15) is 5.56 Å². The molecule has 0 saturated carbocycles. The minimum absolute atomic E-state index is 0.0344. The van der Waals surface area contributed by atoms with Crippen molar-refractivity contribution >= 4 is 17.6 Å². The number of carbonyl (C=O) groups is 1. The van der Waals surface area contributed by atoms with E-state index in [1.807, 2.05) is 6.07 Å². The number of esters is 1. The summed E-state index contributed by atoms with van der Waals surface area (Å²) in [6.07, 6.45) is 0. The number of aromatic nitrogens is 2. The number of nitrogens with zero attached hydrogens (tertiary/aromatic N) is 2. The number of benzene rings is 2. The zero-order chi connectivity index (χ0) is 19.5. The highest BCUT2D eigenvalue weighted by atomic mass is 35.5. The number of halogens is 1. The highest BCUT2D eigenvalue weighted by Crippen LogP contribution is 2.38. The van der Waals surface area contributed by atoms with E-state index in [1.165, 1.54) is 0 Å². The summed E-state index contributed by atoms with van der Waals surface area (Å²) in [7, 11) is 0. The fraction of sp³-hybridized carbons (Fsp3) is 0.211. The van der Waals surface area contributed by atoms with E-state index in [4.69, 9.17) is 30.2 Å². The fourth-order valence-electron chi connectivity index (χ4n) is 2.68. The maximum atomic E-state index is 12.1. The van der Waals surface area contributed by atoms with Crippen LogP contribution in [0.15, 0.2) is 51.7 Å². The van der Waals surface area contributed by atoms with E-state index in [0.717, 1.165) is 4.68 Å². The Labute approximate surface area is 164 Å². The zero-order valence-corrected chi connectivity index (χ0v) is 15.3. The fourth-order valence-corrected chi connectivity index (χ4v) is 2.97. The van der Waals surface area contributed by atoms with Crippen molar-refractivity contribution in [2.24, 2.45) is 0 Å². The van der Waals surface area contributed by atoms with Crippen LogP contribution in [0.4, 0.5) is 0 Å². The second-order valence-corrected chi connectivity index (χ2v) is 6.37. The molecule has 0 N–H and O–H groups in total. The third-order valence-corrected chi connectivity index (χ3v) is 4.24. The first-order valence-corrected chi connectivity index (χ1v) is 8.85. The lowest BCUT2D eigenvalue weighted by molar-refractivity contribution is -0.146. The predicted octanol–water partition coefficient (Wildman–Crippen LogP) is 2.67. The average molecular weight is 403 g/mol. The molecule has 28 heavy (non-hydrogen) atoms. The summed E-state index contributed by atoms with van der Waals surface area (Å²) < 4.78 is 22.1. The smallest absolute Gasteiger partial charge is 0.437 e. The van der Waals surface area contributed by atoms with Crippen molar-refractivity contribution in [2.75, 3.05) is 13.2 Å². The van der Waals surface area contributed by atoms with Crippen molar-refractivity contribution in [3.05, 3.63) is 63.6 Å². The first-order valence-electron chi connectivity index (χ1n) is 8.47. The van der Waals surface area contributed by atoms with E-state index < -0.39 is 11.7 Å². The van der Waals surface area contributed by atoms with Crippen molar-refractivity contribution in [2.45, 2.75) is 13.2 Å². The molecule has 1 aliphatic rings. The van der Waals surface area contributed by atoms with Crippen LogP contribution in [0.2, 0.25) is 5.02 Å². The van der Waals surface area contributed by atoms with Gasteiger partial charge in [-0.05, 0) is 29.8 Å². The van der Waals surface area contributed by atoms with Gasteiger partial charge in [0.1, 0.15) is 26.4 Å². The highest BCUT2D eigenvalue weighted by Gasteiger charge is 2.18. The van der Waals surface area contributed by atoms with Crippen LogP contribution in [-0.2, 0) is 22.7 Å². The molecule has 4 rings (SSSR count). The van der Waals surface area contributed by atoms with Gasteiger partial charge in [0.25, 0.3) is 0 Å². The lowest BCUT2D eigenvalue weighted by Crippen LogP contribution is -2.23. The molecular weight excluding hydrogens is 388 g/mol. The van der Waals surface area contributed by atoms with Crippen molar-refractivity contribution < 1.29 is 23.4 Å². The molecule has 0 spiro atoms. The molecule has 1 aliphatic heterocycles. The quantitative estimate of drug-likeness (QED) is 0.605. The molecule has 0 saturated heterocycles. The normalized spacial score (nSPS) is 12.6. The number of hydrogen-bond acceptors (Lipinski definition) is 7. The minimum Gasteiger partial charge on any atom is -0.486 e. The lowest BCUT2D eigenvalue weighted by Gasteiger charge is -2.20. The number of carbonyl (C=O) groups excluding carboxylic acids is 1. The molecule has 9 heteroatoms. The second-order valence-electron chi connectivity index (χ2n) is 5.96. The molecule has 8 nitrogen and oxygen atoms in total. The summed E-state index contributed by atoms with van der Waals surface area (Å²) in [5.74, 6) is -0.258. The number of fused-ring (bicyclic) bond motifs is 1. The lowest BCUT2D eigenvalue weighted by atomic mass is 10.2. The van der Waals surface area contributed by atoms with Crippen molar-refractivity contribution in [3.63, 3.8) is 0 Å². The monoisotopic (exact) mass is 402 g/mol. The van der Waals surface area contributed by atoms with Gasteiger partial charge in [-0.25, -0.2) is 4.79 Å². The van der Waals surface area contributed by atoms with Gasteiger partial charge in [0.15, 0.2) is 11.5 Å². The SMILES string of the molecule is O=C(Cn1nc(-c2ccccc2)oc1=O)OCc1cc(Cl)c2c(c1)OCCO2. The van der Waals surface area contributed by atoms with E-state index >= 15 is 0 Å². The van der Waals surface area contributed by atoms with Gasteiger partial charge in [0, 0.05) is 5.56 Å². The van der Waals surface area contributed by atoms with Crippen LogP contribution in [-0.4, -0.2) is 29.0 Å². The molecule has 0 unspecified atom stereocenters. The molecule has 1 aromatic heterocycles. The van der Waals surface area contributed by atoms with Crippen LogP contribution in [0.25, 0.3) is 11.5 Å². The Morgan fingerprint density at radius 1 is 1.18 bits per heavy atom. The van der Waals surface area contributed by atoms with Gasteiger partial charge in [-0.3, -0.25) is 4.79 Å². The molecule has 0 atom stereocenters.